The highest BCUT2D eigenvalue weighted by molar-refractivity contribution is 5.78. The Morgan fingerprint density at radius 3 is 2.63 bits per heavy atom. The molecule has 2 heterocycles. The van der Waals surface area contributed by atoms with E-state index in [0.717, 1.165) is 56.4 Å². The molecule has 3 aromatic rings. The van der Waals surface area contributed by atoms with Gasteiger partial charge in [0.2, 0.25) is 5.95 Å². The normalized spacial score (nSPS) is 15.3. The van der Waals surface area contributed by atoms with E-state index in [1.54, 1.807) is 6.07 Å². The van der Waals surface area contributed by atoms with E-state index in [1.165, 1.54) is 11.0 Å². The van der Waals surface area contributed by atoms with Crippen molar-refractivity contribution in [2.24, 2.45) is 7.05 Å². The molecule has 1 N–H and O–H groups in total. The molecule has 5 nitrogen and oxygen atoms in total. The van der Waals surface area contributed by atoms with Gasteiger partial charge in [0.25, 0.3) is 0 Å². The summed E-state index contributed by atoms with van der Waals surface area (Å²) in [6.45, 7) is 5.99. The van der Waals surface area contributed by atoms with Gasteiger partial charge in [-0.1, -0.05) is 30.3 Å². The first kappa shape index (κ1) is 17.9. The zero-order chi connectivity index (χ0) is 18.6. The largest absolute Gasteiger partial charge is 0.370 e. The smallest absolute Gasteiger partial charge is 0.206 e. The number of hydrogen-bond acceptors (Lipinski definition) is 3. The summed E-state index contributed by atoms with van der Waals surface area (Å²) in [7, 11) is 2.03. The zero-order valence-electron chi connectivity index (χ0n) is 15.7. The number of aromatic nitrogens is 2. The Bertz CT molecular complexity index is 904. The molecule has 6 heteroatoms. The van der Waals surface area contributed by atoms with Crippen LogP contribution >= 0.6 is 0 Å². The van der Waals surface area contributed by atoms with Crippen molar-refractivity contribution >= 4 is 17.0 Å². The van der Waals surface area contributed by atoms with Crippen molar-refractivity contribution in [2.45, 2.75) is 6.54 Å². The monoisotopic (exact) mass is 369 g/mol. The Labute approximate surface area is 159 Å². The molecule has 4 rings (SSSR count). The van der Waals surface area contributed by atoms with E-state index >= 15 is 0 Å². The van der Waals surface area contributed by atoms with Gasteiger partial charge in [-0.25, -0.2) is 9.37 Å². The van der Waals surface area contributed by atoms with Gasteiger partial charge in [-0.2, -0.15) is 0 Å². The van der Waals surface area contributed by atoms with Gasteiger partial charge < -0.3 is 19.1 Å². The molecule has 142 valence electrons. The summed E-state index contributed by atoms with van der Waals surface area (Å²) in [5, 5.41) is 0. The van der Waals surface area contributed by atoms with E-state index in [4.69, 9.17) is 9.72 Å². The van der Waals surface area contributed by atoms with Gasteiger partial charge in [0.15, 0.2) is 0 Å². The first-order chi connectivity index (χ1) is 13.2. The average molecular weight is 369 g/mol. The SMILES string of the molecule is Cn1c(N(CC[NH+]2CCOCC2)Cc2ccccc2F)nc2ccccc21. The van der Waals surface area contributed by atoms with Crippen molar-refractivity contribution in [1.29, 1.82) is 0 Å². The lowest BCUT2D eigenvalue weighted by atomic mass is 10.2. The number of hydrogen-bond donors (Lipinski definition) is 1. The highest BCUT2D eigenvalue weighted by Crippen LogP contribution is 2.23. The summed E-state index contributed by atoms with van der Waals surface area (Å²) in [6, 6.07) is 15.1. The Balaban J connectivity index is 1.61. The lowest BCUT2D eigenvalue weighted by Crippen LogP contribution is -3.14. The maximum Gasteiger partial charge on any atom is 0.206 e. The Morgan fingerprint density at radius 2 is 1.85 bits per heavy atom. The summed E-state index contributed by atoms with van der Waals surface area (Å²) >= 11 is 0. The maximum absolute atomic E-state index is 14.3. The molecule has 0 aliphatic carbocycles. The molecule has 0 atom stereocenters. The molecule has 0 unspecified atom stereocenters. The molecule has 2 aromatic carbocycles. The van der Waals surface area contributed by atoms with Crippen molar-refractivity contribution < 1.29 is 14.0 Å². The van der Waals surface area contributed by atoms with Crippen LogP contribution in [0.4, 0.5) is 10.3 Å². The number of para-hydroxylation sites is 2. The molecule has 0 bridgehead atoms. The van der Waals surface area contributed by atoms with Crippen molar-refractivity contribution in [3.63, 3.8) is 0 Å². The third kappa shape index (κ3) is 3.96. The summed E-state index contributed by atoms with van der Waals surface area (Å²) < 4.78 is 21.9. The van der Waals surface area contributed by atoms with Gasteiger partial charge >= 0.3 is 0 Å². The topological polar surface area (TPSA) is 34.7 Å². The van der Waals surface area contributed by atoms with Crippen LogP contribution in [-0.2, 0) is 18.3 Å². The lowest BCUT2D eigenvalue weighted by Gasteiger charge is -2.28. The number of halogens is 1. The molecule has 1 aromatic heterocycles. The fourth-order valence-corrected chi connectivity index (χ4v) is 3.70. The number of ether oxygens (including phenoxy) is 1. The number of quaternary nitrogens is 1. The van der Waals surface area contributed by atoms with Crippen LogP contribution < -0.4 is 9.80 Å². The number of fused-ring (bicyclic) bond motifs is 1. The van der Waals surface area contributed by atoms with Crippen molar-refractivity contribution in [1.82, 2.24) is 9.55 Å². The fourth-order valence-electron chi connectivity index (χ4n) is 3.70. The van der Waals surface area contributed by atoms with Gasteiger partial charge in [-0.05, 0) is 18.2 Å². The van der Waals surface area contributed by atoms with Gasteiger partial charge in [-0.15, -0.1) is 0 Å². The van der Waals surface area contributed by atoms with Crippen LogP contribution in [0.5, 0.6) is 0 Å². The predicted molar refractivity (Wildman–Crippen MR) is 105 cm³/mol. The first-order valence-corrected chi connectivity index (χ1v) is 9.53. The fraction of sp³-hybridized carbons (Fsp3) is 0.381. The number of nitrogens with zero attached hydrogens (tertiary/aromatic N) is 3. The average Bonchev–Trinajstić information content (AvgIpc) is 3.04. The summed E-state index contributed by atoms with van der Waals surface area (Å²) in [5.74, 6) is 0.715. The summed E-state index contributed by atoms with van der Waals surface area (Å²) in [4.78, 5) is 8.56. The zero-order valence-corrected chi connectivity index (χ0v) is 15.7. The standard InChI is InChI=1S/C21H25FN4O/c1-24-20-9-5-4-8-19(20)23-21(24)26(11-10-25-12-14-27-15-13-25)16-17-6-2-3-7-18(17)22/h2-9H,10-16H2,1H3/p+1. The third-order valence-electron chi connectivity index (χ3n) is 5.30. The number of nitrogens with one attached hydrogen (secondary N) is 1. The van der Waals surface area contributed by atoms with Crippen LogP contribution in [0.25, 0.3) is 11.0 Å². The van der Waals surface area contributed by atoms with Crippen LogP contribution in [-0.4, -0.2) is 48.9 Å². The minimum Gasteiger partial charge on any atom is -0.370 e. The highest BCUT2D eigenvalue weighted by atomic mass is 19.1. The minimum absolute atomic E-state index is 0.167. The highest BCUT2D eigenvalue weighted by Gasteiger charge is 2.20. The number of morpholine rings is 1. The van der Waals surface area contributed by atoms with Gasteiger partial charge in [0.05, 0.1) is 37.3 Å². The van der Waals surface area contributed by atoms with Crippen LogP contribution in [0.2, 0.25) is 0 Å². The molecule has 1 aliphatic heterocycles. The lowest BCUT2D eigenvalue weighted by molar-refractivity contribution is -0.906. The van der Waals surface area contributed by atoms with Crippen molar-refractivity contribution in [2.75, 3.05) is 44.3 Å². The third-order valence-corrected chi connectivity index (χ3v) is 5.30. The van der Waals surface area contributed by atoms with Crippen molar-refractivity contribution in [3.8, 4) is 0 Å². The quantitative estimate of drug-likeness (QED) is 0.717. The molecule has 0 amide bonds. The van der Waals surface area contributed by atoms with Gasteiger partial charge in [0, 0.05) is 19.2 Å². The first-order valence-electron chi connectivity index (χ1n) is 9.53. The molecule has 1 aliphatic rings. The van der Waals surface area contributed by atoms with E-state index in [0.29, 0.717) is 12.1 Å². The molecular weight excluding hydrogens is 343 g/mol. The predicted octanol–water partition coefficient (Wildman–Crippen LogP) is 1.63. The van der Waals surface area contributed by atoms with Gasteiger partial charge in [-0.3, -0.25) is 0 Å². The van der Waals surface area contributed by atoms with Crippen LogP contribution in [0.1, 0.15) is 5.56 Å². The van der Waals surface area contributed by atoms with E-state index in [1.807, 2.05) is 37.4 Å². The van der Waals surface area contributed by atoms with Crippen LogP contribution in [0, 0.1) is 5.82 Å². The molecule has 1 fully saturated rings. The van der Waals surface area contributed by atoms with Crippen LogP contribution in [0.15, 0.2) is 48.5 Å². The number of anilines is 1. The molecular formula is C21H26FN4O+. The Kier molecular flexibility index (Phi) is 5.36. The molecule has 0 saturated carbocycles. The number of benzene rings is 2. The second-order valence-corrected chi connectivity index (χ2v) is 7.08. The van der Waals surface area contributed by atoms with E-state index in [-0.39, 0.29) is 5.82 Å². The molecule has 1 saturated heterocycles. The Hall–Kier alpha value is -2.44. The second kappa shape index (κ2) is 8.06. The molecule has 27 heavy (non-hydrogen) atoms. The van der Waals surface area contributed by atoms with E-state index in [9.17, 15) is 4.39 Å². The van der Waals surface area contributed by atoms with E-state index < -0.39 is 0 Å². The van der Waals surface area contributed by atoms with Crippen molar-refractivity contribution in [3.05, 3.63) is 59.9 Å². The number of aryl methyl sites for hydroxylation is 1. The second-order valence-electron chi connectivity index (χ2n) is 7.08. The molecule has 0 radical (unpaired) electrons. The number of imidazole rings is 1. The van der Waals surface area contributed by atoms with E-state index in [2.05, 4.69) is 15.5 Å². The minimum atomic E-state index is -0.167. The number of rotatable bonds is 6. The maximum atomic E-state index is 14.3. The molecule has 0 spiro atoms. The summed E-state index contributed by atoms with van der Waals surface area (Å²) in [5.41, 5.74) is 2.75. The Morgan fingerprint density at radius 1 is 1.11 bits per heavy atom. The van der Waals surface area contributed by atoms with Crippen LogP contribution in [0.3, 0.4) is 0 Å². The van der Waals surface area contributed by atoms with Gasteiger partial charge in [0.1, 0.15) is 18.9 Å². The summed E-state index contributed by atoms with van der Waals surface area (Å²) in [6.07, 6.45) is 0.